The van der Waals surface area contributed by atoms with Gasteiger partial charge in [0.15, 0.2) is 0 Å². The topological polar surface area (TPSA) is 49.6 Å². The molecule has 4 nitrogen and oxygen atoms in total. The van der Waals surface area contributed by atoms with Crippen LogP contribution in [0.3, 0.4) is 0 Å². The fraction of sp³-hybridized carbons (Fsp3) is 0.500. The molecule has 2 rings (SSSR count). The molecule has 19 heavy (non-hydrogen) atoms. The molecule has 5 heteroatoms. The van der Waals surface area contributed by atoms with Crippen LogP contribution in [0.2, 0.25) is 5.02 Å². The van der Waals surface area contributed by atoms with Gasteiger partial charge in [-0.3, -0.25) is 4.79 Å². The number of nitrogens with zero attached hydrogens (tertiary/aromatic N) is 2. The maximum absolute atomic E-state index is 12.3. The molecule has 1 saturated heterocycles. The van der Waals surface area contributed by atoms with Crippen LogP contribution in [-0.2, 0) is 0 Å². The van der Waals surface area contributed by atoms with Gasteiger partial charge in [0.05, 0.1) is 10.6 Å². The molecular formula is C14H20ClN3O. The summed E-state index contributed by atoms with van der Waals surface area (Å²) in [5, 5.41) is 0.417. The van der Waals surface area contributed by atoms with Gasteiger partial charge in [0.25, 0.3) is 5.91 Å². The Morgan fingerprint density at radius 1 is 1.58 bits per heavy atom. The molecule has 1 aromatic rings. The molecule has 0 spiro atoms. The van der Waals surface area contributed by atoms with E-state index in [1.54, 1.807) is 23.1 Å². The van der Waals surface area contributed by atoms with Gasteiger partial charge < -0.3 is 15.5 Å². The van der Waals surface area contributed by atoms with E-state index in [4.69, 9.17) is 17.3 Å². The van der Waals surface area contributed by atoms with Crippen molar-refractivity contribution in [1.82, 2.24) is 9.80 Å². The number of anilines is 1. The Bertz CT molecular complexity index is 478. The molecule has 1 amide bonds. The average molecular weight is 282 g/mol. The SMILES string of the molecule is CN1CCC(CN(C)C(=O)c2ccc(N)cc2Cl)C1. The van der Waals surface area contributed by atoms with E-state index in [9.17, 15) is 4.79 Å². The van der Waals surface area contributed by atoms with Gasteiger partial charge in [0, 0.05) is 25.8 Å². The Hall–Kier alpha value is -1.26. The molecule has 1 aromatic carbocycles. The van der Waals surface area contributed by atoms with Crippen LogP contribution in [0.15, 0.2) is 18.2 Å². The minimum absolute atomic E-state index is 0.0421. The molecule has 1 aliphatic rings. The van der Waals surface area contributed by atoms with Crippen LogP contribution in [0.5, 0.6) is 0 Å². The summed E-state index contributed by atoms with van der Waals surface area (Å²) in [4.78, 5) is 16.4. The van der Waals surface area contributed by atoms with Crippen LogP contribution >= 0.6 is 11.6 Å². The standard InChI is InChI=1S/C14H20ClN3O/c1-17-6-5-10(8-17)9-18(2)14(19)12-4-3-11(16)7-13(12)15/h3-4,7,10H,5-6,8-9,16H2,1-2H3. The van der Waals surface area contributed by atoms with Crippen molar-refractivity contribution in [2.45, 2.75) is 6.42 Å². The highest BCUT2D eigenvalue weighted by atomic mass is 35.5. The van der Waals surface area contributed by atoms with Gasteiger partial charge in [-0.05, 0) is 44.1 Å². The molecule has 1 fully saturated rings. The summed E-state index contributed by atoms with van der Waals surface area (Å²) in [6.45, 7) is 2.92. The van der Waals surface area contributed by atoms with E-state index >= 15 is 0 Å². The molecule has 0 aromatic heterocycles. The van der Waals surface area contributed by atoms with E-state index in [-0.39, 0.29) is 5.91 Å². The van der Waals surface area contributed by atoms with Gasteiger partial charge in [-0.25, -0.2) is 0 Å². The lowest BCUT2D eigenvalue weighted by molar-refractivity contribution is 0.0774. The van der Waals surface area contributed by atoms with E-state index in [2.05, 4.69) is 11.9 Å². The second-order valence-corrected chi connectivity index (χ2v) is 5.75. The van der Waals surface area contributed by atoms with Gasteiger partial charge >= 0.3 is 0 Å². The Morgan fingerprint density at radius 3 is 2.89 bits per heavy atom. The van der Waals surface area contributed by atoms with Crippen molar-refractivity contribution in [1.29, 1.82) is 0 Å². The molecule has 1 heterocycles. The van der Waals surface area contributed by atoms with Crippen molar-refractivity contribution >= 4 is 23.2 Å². The van der Waals surface area contributed by atoms with Crippen LogP contribution in [0.25, 0.3) is 0 Å². The fourth-order valence-electron chi connectivity index (χ4n) is 2.56. The summed E-state index contributed by atoms with van der Waals surface area (Å²) in [6, 6.07) is 5.01. The summed E-state index contributed by atoms with van der Waals surface area (Å²) in [7, 11) is 3.94. The third kappa shape index (κ3) is 3.39. The molecule has 0 aliphatic carbocycles. The number of hydrogen-bond donors (Lipinski definition) is 1. The lowest BCUT2D eigenvalue weighted by Crippen LogP contribution is -2.33. The first-order valence-electron chi connectivity index (χ1n) is 6.46. The zero-order valence-corrected chi connectivity index (χ0v) is 12.2. The largest absolute Gasteiger partial charge is 0.399 e. The van der Waals surface area contributed by atoms with Crippen molar-refractivity contribution in [3.8, 4) is 0 Å². The Kier molecular flexibility index (Phi) is 4.32. The van der Waals surface area contributed by atoms with Crippen molar-refractivity contribution < 1.29 is 4.79 Å². The predicted molar refractivity (Wildman–Crippen MR) is 78.4 cm³/mol. The second-order valence-electron chi connectivity index (χ2n) is 5.34. The monoisotopic (exact) mass is 281 g/mol. The number of hydrogen-bond acceptors (Lipinski definition) is 3. The van der Waals surface area contributed by atoms with E-state index in [1.165, 1.54) is 0 Å². The molecule has 2 N–H and O–H groups in total. The lowest BCUT2D eigenvalue weighted by Gasteiger charge is -2.21. The normalized spacial score (nSPS) is 19.6. The first-order chi connectivity index (χ1) is 8.97. The molecule has 0 bridgehead atoms. The lowest BCUT2D eigenvalue weighted by atomic mass is 10.1. The van der Waals surface area contributed by atoms with E-state index in [0.29, 0.717) is 22.2 Å². The Labute approximate surface area is 119 Å². The highest BCUT2D eigenvalue weighted by molar-refractivity contribution is 6.34. The number of carbonyl (C=O) groups is 1. The highest BCUT2D eigenvalue weighted by Crippen LogP contribution is 2.22. The summed E-state index contributed by atoms with van der Waals surface area (Å²) < 4.78 is 0. The van der Waals surface area contributed by atoms with Gasteiger partial charge in [-0.1, -0.05) is 11.6 Å². The quantitative estimate of drug-likeness (QED) is 0.862. The maximum Gasteiger partial charge on any atom is 0.255 e. The molecular weight excluding hydrogens is 262 g/mol. The van der Waals surface area contributed by atoms with Crippen LogP contribution < -0.4 is 5.73 Å². The summed E-state index contributed by atoms with van der Waals surface area (Å²) in [5.74, 6) is 0.506. The third-order valence-corrected chi connectivity index (χ3v) is 3.90. The maximum atomic E-state index is 12.3. The average Bonchev–Trinajstić information content (AvgIpc) is 2.74. The second kappa shape index (κ2) is 5.80. The number of nitrogen functional groups attached to an aromatic ring is 1. The number of benzene rings is 1. The van der Waals surface area contributed by atoms with Crippen LogP contribution in [-0.4, -0.2) is 49.4 Å². The van der Waals surface area contributed by atoms with Crippen molar-refractivity contribution in [3.05, 3.63) is 28.8 Å². The molecule has 104 valence electrons. The Balaban J connectivity index is 2.02. The summed E-state index contributed by atoms with van der Waals surface area (Å²) in [6.07, 6.45) is 1.14. The molecule has 1 atom stereocenters. The van der Waals surface area contributed by atoms with Crippen LogP contribution in [0, 0.1) is 5.92 Å². The number of rotatable bonds is 3. The van der Waals surface area contributed by atoms with Gasteiger partial charge in [0.1, 0.15) is 0 Å². The minimum atomic E-state index is -0.0421. The molecule has 1 aliphatic heterocycles. The van der Waals surface area contributed by atoms with Crippen LogP contribution in [0.4, 0.5) is 5.69 Å². The number of carbonyl (C=O) groups excluding carboxylic acids is 1. The van der Waals surface area contributed by atoms with Gasteiger partial charge in [-0.2, -0.15) is 0 Å². The number of halogens is 1. The number of nitrogens with two attached hydrogens (primary N) is 1. The summed E-state index contributed by atoms with van der Waals surface area (Å²) >= 11 is 6.07. The van der Waals surface area contributed by atoms with Crippen molar-refractivity contribution in [2.75, 3.05) is 39.5 Å². The summed E-state index contributed by atoms with van der Waals surface area (Å²) in [5.41, 5.74) is 6.73. The zero-order chi connectivity index (χ0) is 14.0. The fourth-order valence-corrected chi connectivity index (χ4v) is 2.83. The van der Waals surface area contributed by atoms with E-state index in [0.717, 1.165) is 26.1 Å². The van der Waals surface area contributed by atoms with Gasteiger partial charge in [-0.15, -0.1) is 0 Å². The molecule has 0 radical (unpaired) electrons. The first kappa shape index (κ1) is 14.2. The number of likely N-dealkylation sites (tertiary alicyclic amines) is 1. The Morgan fingerprint density at radius 2 is 2.32 bits per heavy atom. The van der Waals surface area contributed by atoms with Crippen molar-refractivity contribution in [3.63, 3.8) is 0 Å². The van der Waals surface area contributed by atoms with Crippen molar-refractivity contribution in [2.24, 2.45) is 5.92 Å². The predicted octanol–water partition coefficient (Wildman–Crippen LogP) is 1.95. The van der Waals surface area contributed by atoms with E-state index < -0.39 is 0 Å². The minimum Gasteiger partial charge on any atom is -0.399 e. The van der Waals surface area contributed by atoms with E-state index in [1.807, 2.05) is 7.05 Å². The smallest absolute Gasteiger partial charge is 0.255 e. The zero-order valence-electron chi connectivity index (χ0n) is 11.4. The third-order valence-electron chi connectivity index (χ3n) is 3.59. The molecule has 0 saturated carbocycles. The highest BCUT2D eigenvalue weighted by Gasteiger charge is 2.23. The first-order valence-corrected chi connectivity index (χ1v) is 6.84. The van der Waals surface area contributed by atoms with Gasteiger partial charge in [0.2, 0.25) is 0 Å². The molecule has 1 unspecified atom stereocenters. The van der Waals surface area contributed by atoms with Crippen LogP contribution in [0.1, 0.15) is 16.8 Å². The number of amides is 1.